The van der Waals surface area contributed by atoms with Crippen LogP contribution in [0.5, 0.6) is 0 Å². The van der Waals surface area contributed by atoms with E-state index in [-0.39, 0.29) is 5.41 Å². The van der Waals surface area contributed by atoms with Crippen LogP contribution in [0.1, 0.15) is 47.2 Å². The quantitative estimate of drug-likeness (QED) is 0.168. The summed E-state index contributed by atoms with van der Waals surface area (Å²) >= 11 is 0. The van der Waals surface area contributed by atoms with Crippen molar-refractivity contribution in [3.63, 3.8) is 0 Å². The standard InChI is InChI=1S/C60H42N2/c1-59(2)52-31-16-14-28-47(52)51-37-40(33-36-53(51)59)55-38-56(62-58(61-55)39-19-6-3-7-20-39)48-35-34-45(43-25-12-13-26-44(43)48)49-29-18-30-50-46-27-15-17-32-54(46)60(57(49)50,41-21-8-4-9-22-41)42-23-10-5-11-24-42/h3-38H,1-2H3. The molecule has 0 atom stereocenters. The van der Waals surface area contributed by atoms with Crippen molar-refractivity contribution in [3.8, 4) is 67.3 Å². The van der Waals surface area contributed by atoms with Gasteiger partial charge in [0.25, 0.3) is 0 Å². The zero-order chi connectivity index (χ0) is 41.4. The van der Waals surface area contributed by atoms with Crippen molar-refractivity contribution >= 4 is 10.8 Å². The van der Waals surface area contributed by atoms with E-state index in [9.17, 15) is 0 Å². The van der Waals surface area contributed by atoms with Crippen LogP contribution >= 0.6 is 0 Å². The van der Waals surface area contributed by atoms with E-state index in [4.69, 9.17) is 9.97 Å². The van der Waals surface area contributed by atoms with Gasteiger partial charge in [0.1, 0.15) is 0 Å². The Morgan fingerprint density at radius 3 is 1.52 bits per heavy atom. The molecule has 2 aliphatic rings. The second kappa shape index (κ2) is 13.9. The molecule has 10 aromatic rings. The molecule has 2 aliphatic carbocycles. The molecule has 2 nitrogen and oxygen atoms in total. The van der Waals surface area contributed by atoms with Crippen LogP contribution in [0.2, 0.25) is 0 Å². The fraction of sp³-hybridized carbons (Fsp3) is 0.0667. The first-order valence-corrected chi connectivity index (χ1v) is 21.6. The molecule has 0 bridgehead atoms. The number of rotatable bonds is 6. The summed E-state index contributed by atoms with van der Waals surface area (Å²) in [5, 5.41) is 2.33. The molecule has 0 saturated heterocycles. The van der Waals surface area contributed by atoms with Crippen molar-refractivity contribution in [1.29, 1.82) is 0 Å². The van der Waals surface area contributed by atoms with Gasteiger partial charge in [0, 0.05) is 22.1 Å². The van der Waals surface area contributed by atoms with Gasteiger partial charge in [-0.05, 0) is 89.7 Å². The summed E-state index contributed by atoms with van der Waals surface area (Å²) in [6, 6.07) is 79.8. The highest BCUT2D eigenvalue weighted by Crippen LogP contribution is 2.59. The monoisotopic (exact) mass is 790 g/mol. The molecule has 12 rings (SSSR count). The maximum absolute atomic E-state index is 5.36. The average Bonchev–Trinajstić information content (AvgIpc) is 3.77. The molecule has 0 unspecified atom stereocenters. The first kappa shape index (κ1) is 36.2. The molecule has 2 heteroatoms. The Kier molecular flexibility index (Phi) is 8.14. The van der Waals surface area contributed by atoms with Crippen LogP contribution < -0.4 is 0 Å². The molecule has 0 amide bonds. The van der Waals surface area contributed by atoms with E-state index < -0.39 is 5.41 Å². The Balaban J connectivity index is 1.08. The third kappa shape index (κ3) is 5.29. The van der Waals surface area contributed by atoms with Crippen molar-refractivity contribution in [2.24, 2.45) is 0 Å². The highest BCUT2D eigenvalue weighted by molar-refractivity contribution is 6.07. The fourth-order valence-corrected chi connectivity index (χ4v) is 10.8. The summed E-state index contributed by atoms with van der Waals surface area (Å²) in [6.07, 6.45) is 0. The predicted molar refractivity (Wildman–Crippen MR) is 256 cm³/mol. The Hall–Kier alpha value is -7.68. The molecule has 0 spiro atoms. The van der Waals surface area contributed by atoms with Crippen molar-refractivity contribution in [2.75, 3.05) is 0 Å². The molecule has 0 radical (unpaired) electrons. The van der Waals surface area contributed by atoms with Gasteiger partial charge in [0.05, 0.1) is 16.8 Å². The molecular weight excluding hydrogens is 749 g/mol. The molecule has 0 N–H and O–H groups in total. The smallest absolute Gasteiger partial charge is 0.160 e. The van der Waals surface area contributed by atoms with Crippen LogP contribution in [0.25, 0.3) is 78.1 Å². The lowest BCUT2D eigenvalue weighted by molar-refractivity contribution is 0.660. The van der Waals surface area contributed by atoms with E-state index in [2.05, 4.69) is 226 Å². The molecular formula is C60H42N2. The molecule has 0 aliphatic heterocycles. The third-order valence-electron chi connectivity index (χ3n) is 13.6. The van der Waals surface area contributed by atoms with E-state index in [1.54, 1.807) is 0 Å². The van der Waals surface area contributed by atoms with Gasteiger partial charge >= 0.3 is 0 Å². The summed E-state index contributed by atoms with van der Waals surface area (Å²) in [5.74, 6) is 0.710. The largest absolute Gasteiger partial charge is 0.228 e. The Bertz CT molecular complexity index is 3330. The van der Waals surface area contributed by atoms with Crippen molar-refractivity contribution in [2.45, 2.75) is 24.7 Å². The molecule has 1 heterocycles. The van der Waals surface area contributed by atoms with E-state index in [0.29, 0.717) is 5.82 Å². The molecule has 62 heavy (non-hydrogen) atoms. The van der Waals surface area contributed by atoms with Crippen LogP contribution in [0.4, 0.5) is 0 Å². The van der Waals surface area contributed by atoms with Crippen LogP contribution in [-0.4, -0.2) is 9.97 Å². The zero-order valence-electron chi connectivity index (χ0n) is 34.7. The van der Waals surface area contributed by atoms with Gasteiger partial charge < -0.3 is 0 Å². The Morgan fingerprint density at radius 2 is 0.823 bits per heavy atom. The number of benzene rings is 9. The zero-order valence-corrected chi connectivity index (χ0v) is 34.7. The minimum atomic E-state index is -0.525. The molecule has 9 aromatic carbocycles. The molecule has 0 saturated carbocycles. The predicted octanol–water partition coefficient (Wildman–Crippen LogP) is 15.0. The van der Waals surface area contributed by atoms with Gasteiger partial charge in [-0.2, -0.15) is 0 Å². The second-order valence-electron chi connectivity index (χ2n) is 17.2. The first-order valence-electron chi connectivity index (χ1n) is 21.6. The van der Waals surface area contributed by atoms with Crippen molar-refractivity contribution < 1.29 is 0 Å². The molecule has 292 valence electrons. The lowest BCUT2D eigenvalue weighted by Crippen LogP contribution is -2.29. The van der Waals surface area contributed by atoms with Gasteiger partial charge in [0.2, 0.25) is 0 Å². The van der Waals surface area contributed by atoms with Crippen molar-refractivity contribution in [1.82, 2.24) is 9.97 Å². The normalized spacial score (nSPS) is 13.9. The summed E-state index contributed by atoms with van der Waals surface area (Å²) in [6.45, 7) is 4.66. The molecule has 1 aromatic heterocycles. The topological polar surface area (TPSA) is 25.8 Å². The maximum Gasteiger partial charge on any atom is 0.160 e. The SMILES string of the molecule is CC1(C)c2ccccc2-c2cc(-c3cc(-c4ccc(-c5cccc6c5C(c5ccccc5)(c5ccccc5)c5ccccc5-6)c5ccccc45)nc(-c4ccccc4)n3)ccc21. The van der Waals surface area contributed by atoms with Crippen molar-refractivity contribution in [3.05, 3.63) is 252 Å². The van der Waals surface area contributed by atoms with E-state index in [1.807, 2.05) is 6.07 Å². The summed E-state index contributed by atoms with van der Waals surface area (Å²) in [5.41, 5.74) is 19.7. The lowest BCUT2D eigenvalue weighted by Gasteiger charge is -2.35. The van der Waals surface area contributed by atoms with Gasteiger partial charge in [-0.3, -0.25) is 0 Å². The van der Waals surface area contributed by atoms with E-state index in [1.165, 1.54) is 72.1 Å². The van der Waals surface area contributed by atoms with Crippen LogP contribution in [0.3, 0.4) is 0 Å². The Morgan fingerprint density at radius 1 is 0.323 bits per heavy atom. The highest BCUT2D eigenvalue weighted by atomic mass is 14.9. The second-order valence-corrected chi connectivity index (χ2v) is 17.2. The van der Waals surface area contributed by atoms with Gasteiger partial charge in [-0.25, -0.2) is 9.97 Å². The van der Waals surface area contributed by atoms with Gasteiger partial charge in [-0.15, -0.1) is 0 Å². The number of nitrogens with zero attached hydrogens (tertiary/aromatic N) is 2. The summed E-state index contributed by atoms with van der Waals surface area (Å²) < 4.78 is 0. The minimum absolute atomic E-state index is 0.0688. The van der Waals surface area contributed by atoms with Crippen LogP contribution in [0, 0.1) is 0 Å². The van der Waals surface area contributed by atoms with Gasteiger partial charge in [-0.1, -0.05) is 220 Å². The average molecular weight is 791 g/mol. The highest BCUT2D eigenvalue weighted by Gasteiger charge is 2.47. The van der Waals surface area contributed by atoms with E-state index in [0.717, 1.165) is 33.5 Å². The number of hydrogen-bond donors (Lipinski definition) is 0. The maximum atomic E-state index is 5.36. The lowest BCUT2D eigenvalue weighted by atomic mass is 9.66. The number of hydrogen-bond acceptors (Lipinski definition) is 2. The number of fused-ring (bicyclic) bond motifs is 7. The summed E-state index contributed by atoms with van der Waals surface area (Å²) in [7, 11) is 0. The molecule has 0 fully saturated rings. The third-order valence-corrected chi connectivity index (χ3v) is 13.6. The van der Waals surface area contributed by atoms with Gasteiger partial charge in [0.15, 0.2) is 5.82 Å². The van der Waals surface area contributed by atoms with E-state index >= 15 is 0 Å². The number of aromatic nitrogens is 2. The van der Waals surface area contributed by atoms with Crippen LogP contribution in [-0.2, 0) is 10.8 Å². The summed E-state index contributed by atoms with van der Waals surface area (Å²) in [4.78, 5) is 10.6. The first-order chi connectivity index (χ1) is 30.5. The minimum Gasteiger partial charge on any atom is -0.228 e. The van der Waals surface area contributed by atoms with Crippen LogP contribution in [0.15, 0.2) is 218 Å². The fourth-order valence-electron chi connectivity index (χ4n) is 10.8. The Labute approximate surface area is 362 Å².